The smallest absolute Gasteiger partial charge is 0.193 e. The Balaban J connectivity index is 2.05. The quantitative estimate of drug-likeness (QED) is 0.670. The van der Waals surface area contributed by atoms with Gasteiger partial charge in [0, 0.05) is 24.5 Å². The van der Waals surface area contributed by atoms with Crippen molar-refractivity contribution in [1.82, 2.24) is 9.78 Å². The molecule has 0 aliphatic carbocycles. The summed E-state index contributed by atoms with van der Waals surface area (Å²) < 4.78 is 1.82. The number of guanidine groups is 1. The molecule has 5 heteroatoms. The summed E-state index contributed by atoms with van der Waals surface area (Å²) in [6.45, 7) is 6.80. The van der Waals surface area contributed by atoms with Crippen molar-refractivity contribution in [3.8, 4) is 0 Å². The Labute approximate surface area is 125 Å². The third kappa shape index (κ3) is 3.84. The molecule has 0 bridgehead atoms. The van der Waals surface area contributed by atoms with E-state index in [1.807, 2.05) is 24.0 Å². The summed E-state index contributed by atoms with van der Waals surface area (Å²) in [6, 6.07) is 6.15. The minimum atomic E-state index is 0.421. The van der Waals surface area contributed by atoms with E-state index in [9.17, 15) is 0 Å². The van der Waals surface area contributed by atoms with Gasteiger partial charge < -0.3 is 11.1 Å². The number of aryl methyl sites for hydroxylation is 4. The molecular formula is C16H23N5. The van der Waals surface area contributed by atoms with Gasteiger partial charge in [0.25, 0.3) is 0 Å². The number of rotatable bonds is 4. The molecule has 2 aromatic rings. The van der Waals surface area contributed by atoms with E-state index in [2.05, 4.69) is 48.3 Å². The zero-order valence-corrected chi connectivity index (χ0v) is 13.1. The highest BCUT2D eigenvalue weighted by Crippen LogP contribution is 2.14. The fourth-order valence-electron chi connectivity index (χ4n) is 2.19. The van der Waals surface area contributed by atoms with Crippen LogP contribution in [0.3, 0.4) is 0 Å². The minimum Gasteiger partial charge on any atom is -0.370 e. The van der Waals surface area contributed by atoms with E-state index in [-0.39, 0.29) is 0 Å². The maximum atomic E-state index is 5.95. The second-order valence-electron chi connectivity index (χ2n) is 5.25. The van der Waals surface area contributed by atoms with E-state index < -0.39 is 0 Å². The molecule has 0 fully saturated rings. The zero-order chi connectivity index (χ0) is 15.4. The zero-order valence-electron chi connectivity index (χ0n) is 13.1. The molecule has 0 aliphatic heterocycles. The lowest BCUT2D eigenvalue weighted by Gasteiger charge is -2.08. The molecule has 0 unspecified atom stereocenters. The molecule has 2 rings (SSSR count). The lowest BCUT2D eigenvalue weighted by atomic mass is 10.1. The summed E-state index contributed by atoms with van der Waals surface area (Å²) in [5, 5.41) is 7.52. The molecule has 0 aliphatic rings. The Morgan fingerprint density at radius 2 is 2.10 bits per heavy atom. The molecule has 3 N–H and O–H groups in total. The highest BCUT2D eigenvalue weighted by Gasteiger charge is 2.05. The van der Waals surface area contributed by atoms with E-state index in [0.717, 1.165) is 23.4 Å². The number of nitrogens with two attached hydrogens (primary N) is 1. The van der Waals surface area contributed by atoms with Crippen LogP contribution in [0.4, 0.5) is 5.69 Å². The van der Waals surface area contributed by atoms with Crippen LogP contribution in [0.15, 0.2) is 29.4 Å². The van der Waals surface area contributed by atoms with Crippen LogP contribution in [0.1, 0.15) is 29.3 Å². The van der Waals surface area contributed by atoms with Gasteiger partial charge in [0.2, 0.25) is 0 Å². The van der Waals surface area contributed by atoms with Crippen LogP contribution in [0, 0.1) is 13.8 Å². The normalized spacial score (nSPS) is 11.7. The Morgan fingerprint density at radius 3 is 2.76 bits per heavy atom. The summed E-state index contributed by atoms with van der Waals surface area (Å²) in [5.41, 5.74) is 11.6. The number of hydrogen-bond acceptors (Lipinski definition) is 2. The van der Waals surface area contributed by atoms with Gasteiger partial charge in [-0.3, -0.25) is 4.68 Å². The SMILES string of the molecule is CCc1nn(C)cc1CN=C(N)Nc1ccc(C)c(C)c1. The first-order valence-corrected chi connectivity index (χ1v) is 7.15. The van der Waals surface area contributed by atoms with Crippen molar-refractivity contribution >= 4 is 11.6 Å². The van der Waals surface area contributed by atoms with Gasteiger partial charge in [-0.1, -0.05) is 13.0 Å². The van der Waals surface area contributed by atoms with Crippen LogP contribution in [-0.2, 0) is 20.0 Å². The molecule has 0 amide bonds. The maximum absolute atomic E-state index is 5.95. The molecule has 1 aromatic carbocycles. The number of nitrogens with one attached hydrogen (secondary N) is 1. The average molecular weight is 285 g/mol. The molecule has 1 aromatic heterocycles. The van der Waals surface area contributed by atoms with Gasteiger partial charge in [-0.05, 0) is 43.5 Å². The molecule has 0 atom stereocenters. The van der Waals surface area contributed by atoms with Gasteiger partial charge in [0.1, 0.15) is 0 Å². The van der Waals surface area contributed by atoms with Gasteiger partial charge in [0.05, 0.1) is 12.2 Å². The summed E-state index contributed by atoms with van der Waals surface area (Å²) in [6.07, 6.45) is 2.89. The first-order chi connectivity index (χ1) is 9.99. The first-order valence-electron chi connectivity index (χ1n) is 7.15. The fourth-order valence-corrected chi connectivity index (χ4v) is 2.19. The number of hydrogen-bond donors (Lipinski definition) is 2. The highest BCUT2D eigenvalue weighted by molar-refractivity contribution is 5.92. The summed E-state index contributed by atoms with van der Waals surface area (Å²) >= 11 is 0. The van der Waals surface area contributed by atoms with Gasteiger partial charge in [-0.15, -0.1) is 0 Å². The van der Waals surface area contributed by atoms with E-state index in [0.29, 0.717) is 12.5 Å². The molecule has 0 radical (unpaired) electrons. The predicted molar refractivity (Wildman–Crippen MR) is 87.5 cm³/mol. The van der Waals surface area contributed by atoms with Gasteiger partial charge in [-0.25, -0.2) is 4.99 Å². The minimum absolute atomic E-state index is 0.421. The van der Waals surface area contributed by atoms with Crippen LogP contribution < -0.4 is 11.1 Å². The van der Waals surface area contributed by atoms with Crippen LogP contribution in [0.25, 0.3) is 0 Å². The molecule has 21 heavy (non-hydrogen) atoms. The standard InChI is InChI=1S/C16H23N5/c1-5-15-13(10-21(4)20-15)9-18-16(17)19-14-7-6-11(2)12(3)8-14/h6-8,10H,5,9H2,1-4H3,(H3,17,18,19). The van der Waals surface area contributed by atoms with Crippen molar-refractivity contribution in [2.75, 3.05) is 5.32 Å². The van der Waals surface area contributed by atoms with Crippen molar-refractivity contribution in [3.05, 3.63) is 46.8 Å². The van der Waals surface area contributed by atoms with Gasteiger partial charge >= 0.3 is 0 Å². The van der Waals surface area contributed by atoms with Crippen LogP contribution in [0.2, 0.25) is 0 Å². The Kier molecular flexibility index (Phi) is 4.62. The largest absolute Gasteiger partial charge is 0.370 e. The van der Waals surface area contributed by atoms with E-state index in [4.69, 9.17) is 5.73 Å². The molecule has 0 saturated carbocycles. The first kappa shape index (κ1) is 15.1. The Hall–Kier alpha value is -2.30. The van der Waals surface area contributed by atoms with Crippen molar-refractivity contribution in [2.24, 2.45) is 17.8 Å². The second kappa shape index (κ2) is 6.43. The number of aromatic nitrogens is 2. The third-order valence-corrected chi connectivity index (χ3v) is 3.53. The molecule has 5 nitrogen and oxygen atoms in total. The Morgan fingerprint density at radius 1 is 1.33 bits per heavy atom. The maximum Gasteiger partial charge on any atom is 0.193 e. The number of anilines is 1. The summed E-state index contributed by atoms with van der Waals surface area (Å²) in [7, 11) is 1.92. The summed E-state index contributed by atoms with van der Waals surface area (Å²) in [4.78, 5) is 4.39. The van der Waals surface area contributed by atoms with E-state index >= 15 is 0 Å². The monoisotopic (exact) mass is 285 g/mol. The Bertz CT molecular complexity index is 655. The molecule has 0 saturated heterocycles. The second-order valence-corrected chi connectivity index (χ2v) is 5.25. The molecule has 0 spiro atoms. The van der Waals surface area contributed by atoms with Crippen molar-refractivity contribution in [3.63, 3.8) is 0 Å². The van der Waals surface area contributed by atoms with Gasteiger partial charge in [-0.2, -0.15) is 5.10 Å². The lowest BCUT2D eigenvalue weighted by molar-refractivity contribution is 0.746. The topological polar surface area (TPSA) is 68.2 Å². The number of aliphatic imine (C=N–C) groups is 1. The molecular weight excluding hydrogens is 262 g/mol. The predicted octanol–water partition coefficient (Wildman–Crippen LogP) is 2.53. The van der Waals surface area contributed by atoms with Crippen molar-refractivity contribution < 1.29 is 0 Å². The van der Waals surface area contributed by atoms with Gasteiger partial charge in [0.15, 0.2) is 5.96 Å². The van der Waals surface area contributed by atoms with E-state index in [1.165, 1.54) is 11.1 Å². The summed E-state index contributed by atoms with van der Waals surface area (Å²) in [5.74, 6) is 0.421. The highest BCUT2D eigenvalue weighted by atomic mass is 15.3. The van der Waals surface area contributed by atoms with Crippen molar-refractivity contribution in [1.29, 1.82) is 0 Å². The van der Waals surface area contributed by atoms with Crippen LogP contribution in [0.5, 0.6) is 0 Å². The number of nitrogens with zero attached hydrogens (tertiary/aromatic N) is 3. The molecule has 112 valence electrons. The average Bonchev–Trinajstić information content (AvgIpc) is 2.81. The van der Waals surface area contributed by atoms with E-state index in [1.54, 1.807) is 0 Å². The molecule has 1 heterocycles. The number of benzene rings is 1. The third-order valence-electron chi connectivity index (χ3n) is 3.53. The van der Waals surface area contributed by atoms with Crippen LogP contribution >= 0.6 is 0 Å². The van der Waals surface area contributed by atoms with Crippen LogP contribution in [-0.4, -0.2) is 15.7 Å². The van der Waals surface area contributed by atoms with Crippen molar-refractivity contribution in [2.45, 2.75) is 33.7 Å². The lowest BCUT2D eigenvalue weighted by Crippen LogP contribution is -2.22. The fraction of sp³-hybridized carbons (Fsp3) is 0.375.